The van der Waals surface area contributed by atoms with Gasteiger partial charge in [0.1, 0.15) is 24.3 Å². The van der Waals surface area contributed by atoms with Gasteiger partial charge < -0.3 is 24.6 Å². The molecule has 0 aliphatic carbocycles. The molecule has 2 aromatic rings. The molecular formula is C21H32N4O2. The minimum atomic E-state index is -0.457. The first-order chi connectivity index (χ1) is 13.3. The number of rotatable bonds is 10. The number of piperidine rings is 1. The van der Waals surface area contributed by atoms with Gasteiger partial charge in [-0.2, -0.15) is 0 Å². The molecule has 2 heterocycles. The number of aryl methyl sites for hydroxylation is 1. The third-order valence-corrected chi connectivity index (χ3v) is 5.06. The monoisotopic (exact) mass is 372 g/mol. The Hall–Kier alpha value is -1.89. The lowest BCUT2D eigenvalue weighted by Crippen LogP contribution is -2.38. The average Bonchev–Trinajstić information content (AvgIpc) is 3.15. The van der Waals surface area contributed by atoms with Crippen molar-refractivity contribution in [2.45, 2.75) is 51.9 Å². The molecule has 1 aliphatic rings. The summed E-state index contributed by atoms with van der Waals surface area (Å²) in [7, 11) is 0. The van der Waals surface area contributed by atoms with Gasteiger partial charge in [-0.1, -0.05) is 24.6 Å². The highest BCUT2D eigenvalue weighted by atomic mass is 16.5. The molecule has 1 atom stereocenters. The second-order valence-electron chi connectivity index (χ2n) is 7.17. The van der Waals surface area contributed by atoms with Crippen LogP contribution < -0.4 is 10.1 Å². The maximum absolute atomic E-state index is 10.3. The van der Waals surface area contributed by atoms with E-state index >= 15 is 0 Å². The summed E-state index contributed by atoms with van der Waals surface area (Å²) < 4.78 is 8.07. The van der Waals surface area contributed by atoms with E-state index in [0.29, 0.717) is 26.2 Å². The van der Waals surface area contributed by atoms with Crippen LogP contribution in [0.25, 0.3) is 0 Å². The molecule has 6 heteroatoms. The first-order valence-corrected chi connectivity index (χ1v) is 10.1. The maximum Gasteiger partial charge on any atom is 0.123 e. The van der Waals surface area contributed by atoms with Crippen LogP contribution in [-0.2, 0) is 19.6 Å². The van der Waals surface area contributed by atoms with Gasteiger partial charge >= 0.3 is 0 Å². The second kappa shape index (κ2) is 10.4. The van der Waals surface area contributed by atoms with E-state index < -0.39 is 6.10 Å². The van der Waals surface area contributed by atoms with Crippen LogP contribution in [0.1, 0.15) is 37.6 Å². The van der Waals surface area contributed by atoms with Crippen molar-refractivity contribution >= 4 is 0 Å². The molecule has 1 fully saturated rings. The number of nitrogens with one attached hydrogen (secondary N) is 1. The van der Waals surface area contributed by atoms with Crippen LogP contribution in [0.2, 0.25) is 0 Å². The maximum atomic E-state index is 10.3. The topological polar surface area (TPSA) is 62.6 Å². The zero-order valence-corrected chi connectivity index (χ0v) is 16.3. The number of hydrogen-bond donors (Lipinski definition) is 2. The van der Waals surface area contributed by atoms with E-state index in [9.17, 15) is 5.11 Å². The Morgan fingerprint density at radius 1 is 1.19 bits per heavy atom. The first kappa shape index (κ1) is 19.9. The molecule has 1 aliphatic heterocycles. The molecule has 1 saturated heterocycles. The van der Waals surface area contributed by atoms with E-state index in [-0.39, 0.29) is 0 Å². The van der Waals surface area contributed by atoms with Gasteiger partial charge in [-0.25, -0.2) is 4.98 Å². The van der Waals surface area contributed by atoms with Crippen molar-refractivity contribution in [3.05, 3.63) is 48.0 Å². The smallest absolute Gasteiger partial charge is 0.123 e. The number of aliphatic hydroxyl groups is 1. The first-order valence-electron chi connectivity index (χ1n) is 10.1. The predicted octanol–water partition coefficient (Wildman–Crippen LogP) is 2.42. The van der Waals surface area contributed by atoms with Gasteiger partial charge in [0.25, 0.3) is 0 Å². The number of nitrogens with zero attached hydrogens (tertiary/aromatic N) is 3. The number of ether oxygens (including phenoxy) is 1. The highest BCUT2D eigenvalue weighted by Gasteiger charge is 2.15. The van der Waals surface area contributed by atoms with Gasteiger partial charge in [0, 0.05) is 37.6 Å². The Morgan fingerprint density at radius 3 is 2.81 bits per heavy atom. The Labute approximate surface area is 162 Å². The number of para-hydroxylation sites is 1. The van der Waals surface area contributed by atoms with Gasteiger partial charge in [-0.05, 0) is 38.9 Å². The van der Waals surface area contributed by atoms with Gasteiger partial charge in [0.05, 0.1) is 6.54 Å². The van der Waals surface area contributed by atoms with Crippen molar-refractivity contribution in [3.8, 4) is 5.75 Å². The molecule has 0 saturated carbocycles. The lowest BCUT2D eigenvalue weighted by molar-refractivity contribution is 0.0614. The van der Waals surface area contributed by atoms with Gasteiger partial charge in [0.2, 0.25) is 0 Å². The average molecular weight is 373 g/mol. The molecule has 27 heavy (non-hydrogen) atoms. The van der Waals surface area contributed by atoms with Crippen LogP contribution in [0.5, 0.6) is 5.75 Å². The zero-order chi connectivity index (χ0) is 18.9. The van der Waals surface area contributed by atoms with Crippen molar-refractivity contribution < 1.29 is 9.84 Å². The van der Waals surface area contributed by atoms with Crippen molar-refractivity contribution in [3.63, 3.8) is 0 Å². The Bertz CT molecular complexity index is 682. The van der Waals surface area contributed by atoms with E-state index in [1.54, 1.807) is 0 Å². The van der Waals surface area contributed by atoms with Crippen molar-refractivity contribution in [2.24, 2.45) is 0 Å². The Balaban J connectivity index is 1.46. The largest absolute Gasteiger partial charge is 0.491 e. The number of aromatic nitrogens is 2. The van der Waals surface area contributed by atoms with Crippen LogP contribution >= 0.6 is 0 Å². The summed E-state index contributed by atoms with van der Waals surface area (Å²) in [4.78, 5) is 6.72. The van der Waals surface area contributed by atoms with Crippen molar-refractivity contribution in [1.29, 1.82) is 0 Å². The van der Waals surface area contributed by atoms with Crippen LogP contribution in [0.4, 0.5) is 0 Å². The summed E-state index contributed by atoms with van der Waals surface area (Å²) >= 11 is 0. The molecule has 0 unspecified atom stereocenters. The van der Waals surface area contributed by atoms with Crippen LogP contribution in [-0.4, -0.2) is 51.9 Å². The highest BCUT2D eigenvalue weighted by molar-refractivity contribution is 5.33. The van der Waals surface area contributed by atoms with Crippen LogP contribution in [0.3, 0.4) is 0 Å². The fraction of sp³-hybridized carbons (Fsp3) is 0.571. The van der Waals surface area contributed by atoms with Crippen molar-refractivity contribution in [1.82, 2.24) is 19.8 Å². The summed E-state index contributed by atoms with van der Waals surface area (Å²) in [5.41, 5.74) is 1.09. The van der Waals surface area contributed by atoms with E-state index in [1.807, 2.05) is 30.6 Å². The number of hydrogen-bond acceptors (Lipinski definition) is 5. The van der Waals surface area contributed by atoms with E-state index in [4.69, 9.17) is 4.74 Å². The van der Waals surface area contributed by atoms with Gasteiger partial charge in [-0.15, -0.1) is 0 Å². The van der Waals surface area contributed by atoms with E-state index in [0.717, 1.165) is 36.8 Å². The zero-order valence-electron chi connectivity index (χ0n) is 16.3. The van der Waals surface area contributed by atoms with Crippen LogP contribution in [0.15, 0.2) is 36.7 Å². The summed E-state index contributed by atoms with van der Waals surface area (Å²) in [6.07, 6.45) is 7.15. The van der Waals surface area contributed by atoms with Gasteiger partial charge in [-0.3, -0.25) is 0 Å². The predicted molar refractivity (Wildman–Crippen MR) is 107 cm³/mol. The molecule has 0 amide bonds. The fourth-order valence-electron chi connectivity index (χ4n) is 3.57. The second-order valence-corrected chi connectivity index (χ2v) is 7.17. The lowest BCUT2D eigenvalue weighted by atomic mass is 10.1. The van der Waals surface area contributed by atoms with E-state index in [2.05, 4.69) is 32.8 Å². The third-order valence-electron chi connectivity index (χ3n) is 5.06. The van der Waals surface area contributed by atoms with Crippen molar-refractivity contribution in [2.75, 3.05) is 26.2 Å². The minimum absolute atomic E-state index is 0.327. The Morgan fingerprint density at radius 2 is 2.00 bits per heavy atom. The van der Waals surface area contributed by atoms with E-state index in [1.165, 1.54) is 19.3 Å². The van der Waals surface area contributed by atoms with Crippen LogP contribution in [0, 0.1) is 0 Å². The Kier molecular flexibility index (Phi) is 7.68. The molecule has 0 bridgehead atoms. The highest BCUT2D eigenvalue weighted by Crippen LogP contribution is 2.18. The number of aliphatic hydroxyl groups excluding tert-OH is 1. The molecule has 2 N–H and O–H groups in total. The summed E-state index contributed by atoms with van der Waals surface area (Å²) in [5.74, 6) is 1.87. The van der Waals surface area contributed by atoms with Gasteiger partial charge in [0.15, 0.2) is 0 Å². The lowest BCUT2D eigenvalue weighted by Gasteiger charge is -2.28. The standard InChI is InChI=1S/C21H32N4O2/c1-2-25-13-10-23-21(25)15-22-14-18-8-4-5-9-20(18)27-17-19(26)16-24-11-6-3-7-12-24/h4-5,8-10,13,19,22,26H,2-3,6-7,11-12,14-17H2,1H3/t19-/m1/s1. The molecule has 1 aromatic carbocycles. The quantitative estimate of drug-likeness (QED) is 0.671. The normalized spacial score (nSPS) is 16.4. The summed E-state index contributed by atoms with van der Waals surface area (Å²) in [6.45, 7) is 7.65. The summed E-state index contributed by atoms with van der Waals surface area (Å²) in [5, 5.41) is 13.8. The number of β-amino-alcohol motifs (C(OH)–C–C–N with tert-alkyl or cyclic N) is 1. The molecule has 1 aromatic heterocycles. The molecule has 3 rings (SSSR count). The SMILES string of the molecule is CCn1ccnc1CNCc1ccccc1OC[C@H](O)CN1CCCCC1. The summed E-state index contributed by atoms with van der Waals surface area (Å²) in [6, 6.07) is 8.02. The molecule has 0 spiro atoms. The number of likely N-dealkylation sites (tertiary alicyclic amines) is 1. The third kappa shape index (κ3) is 6.06. The number of benzene rings is 1. The molecule has 148 valence electrons. The number of imidazole rings is 1. The molecular weight excluding hydrogens is 340 g/mol. The molecule has 6 nitrogen and oxygen atoms in total. The fourth-order valence-corrected chi connectivity index (χ4v) is 3.57. The molecule has 0 radical (unpaired) electrons. The minimum Gasteiger partial charge on any atom is -0.491 e.